The van der Waals surface area contributed by atoms with Crippen molar-refractivity contribution in [3.63, 3.8) is 0 Å². The van der Waals surface area contributed by atoms with Gasteiger partial charge in [0.15, 0.2) is 0 Å². The number of piperidine rings is 1. The van der Waals surface area contributed by atoms with Crippen LogP contribution in [-0.4, -0.2) is 41.5 Å². The van der Waals surface area contributed by atoms with Crippen LogP contribution < -0.4 is 5.32 Å². The van der Waals surface area contributed by atoms with Crippen molar-refractivity contribution in [1.82, 2.24) is 15.2 Å². The molecule has 7 heteroatoms. The molecule has 0 unspecified atom stereocenters. The minimum atomic E-state index is 0. The molecule has 27 heavy (non-hydrogen) atoms. The van der Waals surface area contributed by atoms with E-state index in [0.717, 1.165) is 55.2 Å². The molecule has 2 heterocycles. The van der Waals surface area contributed by atoms with Crippen LogP contribution in [0.3, 0.4) is 0 Å². The highest BCUT2D eigenvalue weighted by atomic mass is 35.5. The molecule has 1 aromatic heterocycles. The van der Waals surface area contributed by atoms with Gasteiger partial charge in [0.25, 0.3) is 0 Å². The topological polar surface area (TPSA) is 45.2 Å². The maximum absolute atomic E-state index is 12.9. The molecule has 150 valence electrons. The number of nitrogens with one attached hydrogen (secondary N) is 1. The first-order valence-electron chi connectivity index (χ1n) is 9.19. The lowest BCUT2D eigenvalue weighted by Crippen LogP contribution is -2.47. The number of aryl methyl sites for hydroxylation is 1. The molecule has 0 spiro atoms. The van der Waals surface area contributed by atoms with E-state index in [-0.39, 0.29) is 30.7 Å². The molecule has 0 aliphatic carbocycles. The summed E-state index contributed by atoms with van der Waals surface area (Å²) in [5, 5.41) is 6.40. The van der Waals surface area contributed by atoms with Crippen LogP contribution in [0.1, 0.15) is 37.4 Å². The second-order valence-electron chi connectivity index (χ2n) is 6.76. The molecule has 1 amide bonds. The minimum Gasteiger partial charge on any atom is -0.339 e. The summed E-state index contributed by atoms with van der Waals surface area (Å²) in [6.07, 6.45) is 3.52. The first-order chi connectivity index (χ1) is 12.2. The van der Waals surface area contributed by atoms with E-state index in [2.05, 4.69) is 48.3 Å². The van der Waals surface area contributed by atoms with Gasteiger partial charge in [0.05, 0.1) is 12.1 Å². The van der Waals surface area contributed by atoms with Gasteiger partial charge in [0.1, 0.15) is 5.01 Å². The van der Waals surface area contributed by atoms with E-state index in [9.17, 15) is 4.79 Å². The average Bonchev–Trinajstić information content (AvgIpc) is 3.09. The zero-order valence-electron chi connectivity index (χ0n) is 15.9. The van der Waals surface area contributed by atoms with Crippen LogP contribution >= 0.6 is 36.2 Å². The van der Waals surface area contributed by atoms with Gasteiger partial charge in [-0.2, -0.15) is 0 Å². The van der Waals surface area contributed by atoms with E-state index < -0.39 is 0 Å². The number of rotatable bonds is 6. The summed E-state index contributed by atoms with van der Waals surface area (Å²) in [6, 6.07) is 8.74. The molecule has 1 saturated heterocycles. The SMILES string of the molecule is CCCN(C(=O)Cc1csc(-c2cccc(C)c2)n1)C1CCNCC1.Cl.Cl. The third kappa shape index (κ3) is 6.46. The van der Waals surface area contributed by atoms with E-state index in [0.29, 0.717) is 12.5 Å². The molecule has 1 aliphatic heterocycles. The minimum absolute atomic E-state index is 0. The lowest BCUT2D eigenvalue weighted by atomic mass is 10.0. The highest BCUT2D eigenvalue weighted by Gasteiger charge is 2.25. The fourth-order valence-corrected chi connectivity index (χ4v) is 4.24. The highest BCUT2D eigenvalue weighted by Crippen LogP contribution is 2.25. The van der Waals surface area contributed by atoms with E-state index in [1.807, 2.05) is 5.38 Å². The lowest BCUT2D eigenvalue weighted by Gasteiger charge is -2.34. The van der Waals surface area contributed by atoms with Gasteiger partial charge in [-0.3, -0.25) is 4.79 Å². The van der Waals surface area contributed by atoms with Crippen molar-refractivity contribution in [3.05, 3.63) is 40.9 Å². The van der Waals surface area contributed by atoms with Crippen LogP contribution in [0.25, 0.3) is 10.6 Å². The number of halogens is 2. The number of carbonyl (C=O) groups is 1. The van der Waals surface area contributed by atoms with Gasteiger partial charge >= 0.3 is 0 Å². The number of amides is 1. The number of aromatic nitrogens is 1. The maximum atomic E-state index is 12.9. The first-order valence-corrected chi connectivity index (χ1v) is 10.1. The van der Waals surface area contributed by atoms with Crippen molar-refractivity contribution in [2.45, 2.75) is 45.6 Å². The largest absolute Gasteiger partial charge is 0.339 e. The van der Waals surface area contributed by atoms with Gasteiger partial charge in [-0.25, -0.2) is 4.98 Å². The van der Waals surface area contributed by atoms with E-state index >= 15 is 0 Å². The Morgan fingerprint density at radius 2 is 2.04 bits per heavy atom. The second-order valence-corrected chi connectivity index (χ2v) is 7.62. The van der Waals surface area contributed by atoms with Crippen LogP contribution in [0.15, 0.2) is 29.6 Å². The van der Waals surface area contributed by atoms with Crippen molar-refractivity contribution in [1.29, 1.82) is 0 Å². The van der Waals surface area contributed by atoms with Crippen LogP contribution in [0.2, 0.25) is 0 Å². The van der Waals surface area contributed by atoms with Gasteiger partial charge in [0, 0.05) is 23.5 Å². The summed E-state index contributed by atoms with van der Waals surface area (Å²) in [6.45, 7) is 7.08. The monoisotopic (exact) mass is 429 g/mol. The van der Waals surface area contributed by atoms with Gasteiger partial charge in [-0.15, -0.1) is 36.2 Å². The standard InChI is InChI=1S/C20H27N3OS.2ClH/c1-3-11-23(18-7-9-21-10-8-18)19(24)13-17-14-25-20(22-17)16-6-4-5-15(2)12-16;;/h4-6,12,14,18,21H,3,7-11,13H2,1-2H3;2*1H. The predicted octanol–water partition coefficient (Wildman–Crippen LogP) is 4.50. The van der Waals surface area contributed by atoms with Gasteiger partial charge in [0.2, 0.25) is 5.91 Å². The van der Waals surface area contributed by atoms with E-state index in [1.165, 1.54) is 5.56 Å². The Labute approximate surface area is 178 Å². The summed E-state index contributed by atoms with van der Waals surface area (Å²) < 4.78 is 0. The Balaban J connectivity index is 0.00000182. The Bertz CT molecular complexity index is 717. The molecule has 1 N–H and O–H groups in total. The fraction of sp³-hybridized carbons (Fsp3) is 0.500. The first kappa shape index (κ1) is 23.9. The quantitative estimate of drug-likeness (QED) is 0.734. The zero-order chi connectivity index (χ0) is 17.6. The Morgan fingerprint density at radius 1 is 1.30 bits per heavy atom. The van der Waals surface area contributed by atoms with Gasteiger partial charge in [-0.05, 0) is 45.3 Å². The van der Waals surface area contributed by atoms with Crippen molar-refractivity contribution in [3.8, 4) is 10.6 Å². The third-order valence-electron chi connectivity index (χ3n) is 4.68. The molecule has 2 aromatic rings. The van der Waals surface area contributed by atoms with Crippen molar-refractivity contribution in [2.24, 2.45) is 0 Å². The van der Waals surface area contributed by atoms with E-state index in [1.54, 1.807) is 11.3 Å². The number of hydrogen-bond acceptors (Lipinski definition) is 4. The lowest BCUT2D eigenvalue weighted by molar-refractivity contribution is -0.133. The fourth-order valence-electron chi connectivity index (χ4n) is 3.43. The average molecular weight is 430 g/mol. The van der Waals surface area contributed by atoms with Crippen molar-refractivity contribution in [2.75, 3.05) is 19.6 Å². The van der Waals surface area contributed by atoms with Gasteiger partial charge in [-0.1, -0.05) is 30.7 Å². The third-order valence-corrected chi connectivity index (χ3v) is 5.62. The second kappa shape index (κ2) is 11.6. The Kier molecular flexibility index (Phi) is 10.3. The smallest absolute Gasteiger partial charge is 0.228 e. The summed E-state index contributed by atoms with van der Waals surface area (Å²) in [7, 11) is 0. The summed E-state index contributed by atoms with van der Waals surface area (Å²) in [4.78, 5) is 19.7. The molecule has 0 radical (unpaired) electrons. The number of thiazole rings is 1. The van der Waals surface area contributed by atoms with Crippen molar-refractivity contribution >= 4 is 42.1 Å². The van der Waals surface area contributed by atoms with E-state index in [4.69, 9.17) is 4.98 Å². The predicted molar refractivity (Wildman–Crippen MR) is 118 cm³/mol. The molecule has 0 saturated carbocycles. The molecular formula is C20H29Cl2N3OS. The summed E-state index contributed by atoms with van der Waals surface area (Å²) in [5.74, 6) is 0.217. The highest BCUT2D eigenvalue weighted by molar-refractivity contribution is 7.13. The number of hydrogen-bond donors (Lipinski definition) is 1. The normalized spacial score (nSPS) is 14.1. The van der Waals surface area contributed by atoms with Crippen LogP contribution in [0.5, 0.6) is 0 Å². The maximum Gasteiger partial charge on any atom is 0.228 e. The molecule has 1 fully saturated rings. The summed E-state index contributed by atoms with van der Waals surface area (Å²) >= 11 is 1.62. The number of carbonyl (C=O) groups excluding carboxylic acids is 1. The molecule has 3 rings (SSSR count). The Morgan fingerprint density at radius 3 is 2.70 bits per heavy atom. The van der Waals surface area contributed by atoms with Crippen LogP contribution in [-0.2, 0) is 11.2 Å². The number of nitrogens with zero attached hydrogens (tertiary/aromatic N) is 2. The molecular weight excluding hydrogens is 401 g/mol. The molecule has 0 atom stereocenters. The molecule has 1 aliphatic rings. The molecule has 0 bridgehead atoms. The van der Waals surface area contributed by atoms with Crippen LogP contribution in [0, 0.1) is 6.92 Å². The number of benzene rings is 1. The molecule has 4 nitrogen and oxygen atoms in total. The zero-order valence-corrected chi connectivity index (χ0v) is 18.4. The summed E-state index contributed by atoms with van der Waals surface area (Å²) in [5.41, 5.74) is 3.25. The van der Waals surface area contributed by atoms with Crippen LogP contribution in [0.4, 0.5) is 0 Å². The molecule has 1 aromatic carbocycles. The van der Waals surface area contributed by atoms with Crippen molar-refractivity contribution < 1.29 is 4.79 Å². The van der Waals surface area contributed by atoms with Gasteiger partial charge < -0.3 is 10.2 Å². The Hall–Kier alpha value is -1.14.